The van der Waals surface area contributed by atoms with Crippen molar-refractivity contribution in [1.82, 2.24) is 15.0 Å². The molecule has 0 aliphatic rings. The maximum Gasteiger partial charge on any atom is 3.00 e. The fourth-order valence-electron chi connectivity index (χ4n) is 9.08. The summed E-state index contributed by atoms with van der Waals surface area (Å²) in [6, 6.07) is 84.6. The van der Waals surface area contributed by atoms with Crippen molar-refractivity contribution in [3.8, 4) is 101 Å². The first-order chi connectivity index (χ1) is 34.1. The summed E-state index contributed by atoms with van der Waals surface area (Å²) in [4.78, 5) is 13.7. The Bertz CT molecular complexity index is 3510. The smallest absolute Gasteiger partial charge is 0.305 e. The molecular formula is C65H43FIrN3. The van der Waals surface area contributed by atoms with Gasteiger partial charge in [0, 0.05) is 18.6 Å². The fraction of sp³-hybridized carbons (Fsp3) is 0.0308. The molecule has 70 heavy (non-hydrogen) atoms. The van der Waals surface area contributed by atoms with Gasteiger partial charge in [0.25, 0.3) is 0 Å². The van der Waals surface area contributed by atoms with E-state index in [0.29, 0.717) is 0 Å². The molecule has 3 heterocycles. The van der Waals surface area contributed by atoms with Crippen LogP contribution >= 0.6 is 0 Å². The van der Waals surface area contributed by atoms with E-state index in [4.69, 9.17) is 4.98 Å². The molecule has 0 radical (unpaired) electrons. The van der Waals surface area contributed by atoms with Crippen LogP contribution in [-0.2, 0) is 32.9 Å². The van der Waals surface area contributed by atoms with Crippen LogP contribution in [0.1, 0.15) is 11.1 Å². The van der Waals surface area contributed by atoms with Crippen LogP contribution in [0.25, 0.3) is 101 Å². The van der Waals surface area contributed by atoms with Crippen LogP contribution in [0.4, 0.5) is 4.39 Å². The largest absolute Gasteiger partial charge is 3.00 e. The Morgan fingerprint density at radius 3 is 1.46 bits per heavy atom. The third-order valence-corrected chi connectivity index (χ3v) is 12.6. The molecule has 0 fully saturated rings. The van der Waals surface area contributed by atoms with Gasteiger partial charge < -0.3 is 15.0 Å². The van der Waals surface area contributed by atoms with Gasteiger partial charge >= 0.3 is 20.1 Å². The van der Waals surface area contributed by atoms with Crippen LogP contribution in [0.2, 0.25) is 0 Å². The first kappa shape index (κ1) is 45.6. The number of pyridine rings is 3. The molecule has 0 amide bonds. The van der Waals surface area contributed by atoms with E-state index in [1.165, 1.54) is 17.2 Å². The average molecular weight is 1080 g/mol. The van der Waals surface area contributed by atoms with Crippen molar-refractivity contribution >= 4 is 0 Å². The molecule has 8 aromatic carbocycles. The summed E-state index contributed by atoms with van der Waals surface area (Å²) in [5.74, 6) is -0.301. The third kappa shape index (κ3) is 9.99. The molecule has 0 aliphatic heterocycles. The Balaban J connectivity index is 0.00000567. The average Bonchev–Trinajstić information content (AvgIpc) is 3.43. The molecule has 0 atom stereocenters. The van der Waals surface area contributed by atoms with Crippen molar-refractivity contribution in [3.05, 3.63) is 272 Å². The summed E-state index contributed by atoms with van der Waals surface area (Å²) in [5, 5.41) is 0. The topological polar surface area (TPSA) is 38.7 Å². The number of aryl methyl sites for hydroxylation is 2. The molecule has 0 bridgehead atoms. The first-order valence-corrected chi connectivity index (χ1v) is 23.1. The van der Waals surface area contributed by atoms with Crippen molar-refractivity contribution in [1.29, 1.82) is 0 Å². The summed E-state index contributed by atoms with van der Waals surface area (Å²) in [6.45, 7) is 0. The van der Waals surface area contributed by atoms with Crippen molar-refractivity contribution in [2.75, 3.05) is 0 Å². The summed E-state index contributed by atoms with van der Waals surface area (Å²) in [6.07, 6.45) is 6.95. The quantitative estimate of drug-likeness (QED) is 0.114. The molecule has 0 N–H and O–H groups in total. The Morgan fingerprint density at radius 1 is 0.314 bits per heavy atom. The zero-order chi connectivity index (χ0) is 46.4. The van der Waals surface area contributed by atoms with Gasteiger partial charge in [-0.05, 0) is 104 Å². The van der Waals surface area contributed by atoms with Crippen LogP contribution in [0, 0.1) is 24.0 Å². The molecule has 11 aromatic rings. The molecule has 0 unspecified atom stereocenters. The van der Waals surface area contributed by atoms with Crippen LogP contribution < -0.4 is 0 Å². The van der Waals surface area contributed by atoms with Crippen molar-refractivity contribution < 1.29 is 24.5 Å². The molecule has 5 heteroatoms. The van der Waals surface area contributed by atoms with E-state index in [2.05, 4.69) is 156 Å². The van der Waals surface area contributed by atoms with Crippen molar-refractivity contribution in [2.24, 2.45) is 0 Å². The van der Waals surface area contributed by atoms with E-state index in [9.17, 15) is 0 Å². The van der Waals surface area contributed by atoms with Crippen molar-refractivity contribution in [2.45, 2.75) is 12.8 Å². The summed E-state index contributed by atoms with van der Waals surface area (Å²) >= 11 is 0. The van der Waals surface area contributed by atoms with E-state index < -0.39 is 0 Å². The Labute approximate surface area is 422 Å². The van der Waals surface area contributed by atoms with Crippen LogP contribution in [0.15, 0.2) is 237 Å². The molecule has 0 saturated heterocycles. The van der Waals surface area contributed by atoms with Gasteiger partial charge in [-0.25, -0.2) is 4.39 Å². The summed E-state index contributed by atoms with van der Waals surface area (Å²) in [5.41, 5.74) is 19.9. The zero-order valence-corrected chi connectivity index (χ0v) is 40.4. The number of halogens is 1. The van der Waals surface area contributed by atoms with Crippen LogP contribution in [-0.4, -0.2) is 15.0 Å². The van der Waals surface area contributed by atoms with E-state index in [-0.39, 0.29) is 25.9 Å². The second-order valence-corrected chi connectivity index (χ2v) is 17.0. The summed E-state index contributed by atoms with van der Waals surface area (Å²) < 4.78 is 15.6. The molecule has 0 saturated carbocycles. The van der Waals surface area contributed by atoms with Gasteiger partial charge in [0.2, 0.25) is 0 Å². The zero-order valence-electron chi connectivity index (χ0n) is 38.0. The number of benzene rings is 8. The van der Waals surface area contributed by atoms with Gasteiger partial charge in [-0.1, -0.05) is 168 Å². The minimum Gasteiger partial charge on any atom is -0.305 e. The van der Waals surface area contributed by atoms with Gasteiger partial charge in [-0.15, -0.1) is 89.0 Å². The van der Waals surface area contributed by atoms with Gasteiger partial charge in [0.15, 0.2) is 0 Å². The van der Waals surface area contributed by atoms with Crippen molar-refractivity contribution in [3.63, 3.8) is 0 Å². The van der Waals surface area contributed by atoms with Gasteiger partial charge in [0.05, 0.1) is 0 Å². The molecular weight excluding hydrogens is 1030 g/mol. The SMILES string of the molecule is Fc1ccc(-c2c[c-]c(-c3ccccn3)cc2)c(-c2cc(CCc3c[c-]c(-c4ccccn4)cc3)cc(-c3ccccc3-c3c[c-]c(-c4ccccn4)cc3-c3ccc(-c4ccccc4)cc3)c2)c1.[Ir+3]. The maximum atomic E-state index is 15.6. The number of aromatic nitrogens is 3. The van der Waals surface area contributed by atoms with Gasteiger partial charge in [0.1, 0.15) is 5.82 Å². The predicted octanol–water partition coefficient (Wildman–Crippen LogP) is 16.2. The van der Waals surface area contributed by atoms with Crippen LogP contribution in [0.5, 0.6) is 0 Å². The normalized spacial score (nSPS) is 10.9. The molecule has 11 rings (SSSR count). The van der Waals surface area contributed by atoms with E-state index >= 15 is 4.39 Å². The molecule has 0 spiro atoms. The minimum atomic E-state index is -0.301. The van der Waals surface area contributed by atoms with E-state index in [1.807, 2.05) is 85.1 Å². The number of hydrogen-bond donors (Lipinski definition) is 0. The number of hydrogen-bond acceptors (Lipinski definition) is 3. The minimum absolute atomic E-state index is 0. The molecule has 3 aromatic heterocycles. The molecule has 3 nitrogen and oxygen atoms in total. The molecule has 0 aliphatic carbocycles. The number of nitrogens with zero attached hydrogens (tertiary/aromatic N) is 3. The summed E-state index contributed by atoms with van der Waals surface area (Å²) in [7, 11) is 0. The predicted molar refractivity (Wildman–Crippen MR) is 279 cm³/mol. The Kier molecular flexibility index (Phi) is 13.7. The second kappa shape index (κ2) is 21.0. The molecule has 334 valence electrons. The van der Waals surface area contributed by atoms with Crippen LogP contribution in [0.3, 0.4) is 0 Å². The van der Waals surface area contributed by atoms with E-state index in [0.717, 1.165) is 113 Å². The monoisotopic (exact) mass is 1080 g/mol. The fourth-order valence-corrected chi connectivity index (χ4v) is 9.08. The van der Waals surface area contributed by atoms with Gasteiger partial charge in [-0.2, -0.15) is 0 Å². The van der Waals surface area contributed by atoms with E-state index in [1.54, 1.807) is 18.5 Å². The Morgan fingerprint density at radius 2 is 0.829 bits per heavy atom. The Hall–Kier alpha value is -8.21. The second-order valence-electron chi connectivity index (χ2n) is 17.0. The van der Waals surface area contributed by atoms with Gasteiger partial charge in [-0.3, -0.25) is 0 Å². The third-order valence-electron chi connectivity index (χ3n) is 12.6. The standard InChI is InChI=1S/C65H43FN3.Ir/c66-56-34-36-58(49-29-31-52(32-30-49)64-17-7-10-38-68-64)62(44-56)55-41-46(20-19-45-21-23-51(24-22-45)63-16-6-9-37-67-63)40-54(42-55)57-14-4-5-15-59(57)60-35-33-53(65-18-8-11-39-69-65)43-61(60)50-27-25-48(26-28-50)47-12-2-1-3-13-47;/h1-18,21-23,25-31,34-44H,19-20H2;/q-3;+3. The maximum absolute atomic E-state index is 15.6. The first-order valence-electron chi connectivity index (χ1n) is 23.1. The number of rotatable bonds is 12.